The van der Waals surface area contributed by atoms with Crippen LogP contribution < -0.4 is 5.46 Å². The second-order valence-corrected chi connectivity index (χ2v) is 4.45. The summed E-state index contributed by atoms with van der Waals surface area (Å²) in [6, 6.07) is 7.13. The summed E-state index contributed by atoms with van der Waals surface area (Å²) in [5, 5.41) is 18.0. The summed E-state index contributed by atoms with van der Waals surface area (Å²) in [4.78, 5) is 7.66. The zero-order valence-corrected chi connectivity index (χ0v) is 9.30. The van der Waals surface area contributed by atoms with E-state index in [0.29, 0.717) is 11.4 Å². The third-order valence-corrected chi connectivity index (χ3v) is 3.08. The third kappa shape index (κ3) is 2.11. The number of hydrogen-bond donors (Lipinski definition) is 3. The maximum Gasteiger partial charge on any atom is 0.488 e. The molecule has 2 aromatic rings. The Morgan fingerprint density at radius 2 is 1.88 bits per heavy atom. The molecule has 0 amide bonds. The molecule has 0 saturated heterocycles. The number of imidazole rings is 1. The Morgan fingerprint density at radius 3 is 2.47 bits per heavy atom. The molecule has 0 bridgehead atoms. The average Bonchev–Trinajstić information content (AvgIpc) is 3.07. The van der Waals surface area contributed by atoms with E-state index in [1.54, 1.807) is 12.1 Å². The van der Waals surface area contributed by atoms with Crippen molar-refractivity contribution in [2.24, 2.45) is 0 Å². The molecule has 0 aliphatic heterocycles. The molecule has 3 N–H and O–H groups in total. The fourth-order valence-corrected chi connectivity index (χ4v) is 1.88. The Morgan fingerprint density at radius 1 is 1.18 bits per heavy atom. The second-order valence-electron chi connectivity index (χ2n) is 4.45. The third-order valence-electron chi connectivity index (χ3n) is 3.08. The van der Waals surface area contributed by atoms with E-state index in [2.05, 4.69) is 9.97 Å². The normalized spacial score (nSPS) is 14.9. The topological polar surface area (TPSA) is 69.1 Å². The van der Waals surface area contributed by atoms with E-state index in [1.165, 1.54) is 12.8 Å². The number of nitrogens with one attached hydrogen (secondary N) is 1. The maximum absolute atomic E-state index is 9.01. The van der Waals surface area contributed by atoms with Crippen LogP contribution in [0.4, 0.5) is 0 Å². The first kappa shape index (κ1) is 10.6. The van der Waals surface area contributed by atoms with Crippen LogP contribution in [-0.4, -0.2) is 27.1 Å². The van der Waals surface area contributed by atoms with Gasteiger partial charge in [-0.25, -0.2) is 4.98 Å². The van der Waals surface area contributed by atoms with Gasteiger partial charge in [-0.15, -0.1) is 0 Å². The fraction of sp³-hybridized carbons (Fsp3) is 0.250. The van der Waals surface area contributed by atoms with Gasteiger partial charge in [-0.05, 0) is 23.9 Å². The van der Waals surface area contributed by atoms with E-state index in [1.807, 2.05) is 18.3 Å². The largest absolute Gasteiger partial charge is 0.488 e. The van der Waals surface area contributed by atoms with E-state index < -0.39 is 7.12 Å². The summed E-state index contributed by atoms with van der Waals surface area (Å²) in [6.45, 7) is 0. The van der Waals surface area contributed by atoms with Crippen molar-refractivity contribution in [2.45, 2.75) is 18.8 Å². The Kier molecular flexibility index (Phi) is 2.50. The van der Waals surface area contributed by atoms with Crippen LogP contribution >= 0.6 is 0 Å². The molecule has 1 fully saturated rings. The molecule has 5 heteroatoms. The van der Waals surface area contributed by atoms with E-state index in [4.69, 9.17) is 10.0 Å². The standard InChI is InChI=1S/C12H13BN2O2/c16-13(17)10-5-3-8(4-6-10)11-7-14-12(15-11)9-1-2-9/h3-7,9,16-17H,1-2H2,(H,14,15). The van der Waals surface area contributed by atoms with Gasteiger partial charge < -0.3 is 15.0 Å². The lowest BCUT2D eigenvalue weighted by Gasteiger charge is -2.01. The lowest BCUT2D eigenvalue weighted by atomic mass is 9.80. The number of nitrogens with zero attached hydrogens (tertiary/aromatic N) is 1. The smallest absolute Gasteiger partial charge is 0.423 e. The van der Waals surface area contributed by atoms with Gasteiger partial charge in [0.05, 0.1) is 11.9 Å². The second kappa shape index (κ2) is 4.02. The minimum atomic E-state index is -1.41. The number of hydrogen-bond acceptors (Lipinski definition) is 3. The van der Waals surface area contributed by atoms with Gasteiger partial charge in [-0.3, -0.25) is 0 Å². The van der Waals surface area contributed by atoms with Gasteiger partial charge in [-0.2, -0.15) is 0 Å². The highest BCUT2D eigenvalue weighted by atomic mass is 16.4. The van der Waals surface area contributed by atoms with Gasteiger partial charge in [0.15, 0.2) is 0 Å². The molecule has 0 atom stereocenters. The Labute approximate surface area is 99.5 Å². The lowest BCUT2D eigenvalue weighted by molar-refractivity contribution is 0.426. The minimum Gasteiger partial charge on any atom is -0.423 e. The van der Waals surface area contributed by atoms with Crippen molar-refractivity contribution in [3.8, 4) is 11.3 Å². The van der Waals surface area contributed by atoms with Crippen LogP contribution in [0.25, 0.3) is 11.3 Å². The van der Waals surface area contributed by atoms with E-state index in [9.17, 15) is 0 Å². The van der Waals surface area contributed by atoms with E-state index in [-0.39, 0.29) is 0 Å². The molecule has 1 aliphatic carbocycles. The molecule has 1 aromatic carbocycles. The van der Waals surface area contributed by atoms with Crippen LogP contribution in [0, 0.1) is 0 Å². The zero-order chi connectivity index (χ0) is 11.8. The van der Waals surface area contributed by atoms with Crippen LogP contribution in [0.2, 0.25) is 0 Å². The summed E-state index contributed by atoms with van der Waals surface area (Å²) in [6.07, 6.45) is 4.28. The molecule has 0 spiro atoms. The van der Waals surface area contributed by atoms with Crippen molar-refractivity contribution in [3.63, 3.8) is 0 Å². The molecule has 0 radical (unpaired) electrons. The van der Waals surface area contributed by atoms with E-state index >= 15 is 0 Å². The maximum atomic E-state index is 9.01. The molecule has 0 unspecified atom stereocenters. The molecule has 86 valence electrons. The van der Waals surface area contributed by atoms with Crippen molar-refractivity contribution in [2.75, 3.05) is 0 Å². The van der Waals surface area contributed by atoms with Crippen LogP contribution in [0.1, 0.15) is 24.6 Å². The molecule has 17 heavy (non-hydrogen) atoms. The van der Waals surface area contributed by atoms with Crippen LogP contribution in [0.5, 0.6) is 0 Å². The van der Waals surface area contributed by atoms with Crippen molar-refractivity contribution in [1.82, 2.24) is 9.97 Å². The Hall–Kier alpha value is -1.59. The lowest BCUT2D eigenvalue weighted by Crippen LogP contribution is -2.29. The number of benzene rings is 1. The molecular formula is C12H13BN2O2. The van der Waals surface area contributed by atoms with Crippen LogP contribution in [0.15, 0.2) is 30.5 Å². The zero-order valence-electron chi connectivity index (χ0n) is 9.30. The Balaban J connectivity index is 1.86. The summed E-state index contributed by atoms with van der Waals surface area (Å²) in [5.41, 5.74) is 2.48. The summed E-state index contributed by atoms with van der Waals surface area (Å²) >= 11 is 0. The van der Waals surface area contributed by atoms with Gasteiger partial charge in [-0.1, -0.05) is 24.3 Å². The first-order valence-corrected chi connectivity index (χ1v) is 5.75. The van der Waals surface area contributed by atoms with Crippen LogP contribution in [0.3, 0.4) is 0 Å². The van der Waals surface area contributed by atoms with Crippen molar-refractivity contribution in [3.05, 3.63) is 36.3 Å². The first-order valence-electron chi connectivity index (χ1n) is 5.75. The molecule has 1 heterocycles. The summed E-state index contributed by atoms with van der Waals surface area (Å²) in [7, 11) is -1.41. The average molecular weight is 228 g/mol. The summed E-state index contributed by atoms with van der Waals surface area (Å²) in [5.74, 6) is 1.67. The van der Waals surface area contributed by atoms with Crippen molar-refractivity contribution < 1.29 is 10.0 Å². The monoisotopic (exact) mass is 228 g/mol. The van der Waals surface area contributed by atoms with Crippen molar-refractivity contribution in [1.29, 1.82) is 0 Å². The fourth-order valence-electron chi connectivity index (χ4n) is 1.88. The van der Waals surface area contributed by atoms with Crippen LogP contribution in [-0.2, 0) is 0 Å². The quantitative estimate of drug-likeness (QED) is 0.675. The van der Waals surface area contributed by atoms with E-state index in [0.717, 1.165) is 17.1 Å². The highest BCUT2D eigenvalue weighted by molar-refractivity contribution is 6.58. The number of H-pyrrole nitrogens is 1. The highest BCUT2D eigenvalue weighted by Crippen LogP contribution is 2.38. The van der Waals surface area contributed by atoms with Gasteiger partial charge >= 0.3 is 7.12 Å². The number of aromatic nitrogens is 2. The molecule has 3 rings (SSSR count). The Bertz CT molecular complexity index is 518. The predicted molar refractivity (Wildman–Crippen MR) is 65.8 cm³/mol. The predicted octanol–water partition coefficient (Wildman–Crippen LogP) is 0.634. The molecule has 1 aliphatic rings. The highest BCUT2D eigenvalue weighted by Gasteiger charge is 2.26. The minimum absolute atomic E-state index is 0.496. The van der Waals surface area contributed by atoms with Gasteiger partial charge in [0, 0.05) is 5.92 Å². The SMILES string of the molecule is OB(O)c1ccc(-c2cnc(C3CC3)[nH]2)cc1. The van der Waals surface area contributed by atoms with Crippen molar-refractivity contribution >= 4 is 12.6 Å². The first-order chi connectivity index (χ1) is 8.24. The van der Waals surface area contributed by atoms with Gasteiger partial charge in [0.25, 0.3) is 0 Å². The summed E-state index contributed by atoms with van der Waals surface area (Å²) < 4.78 is 0. The number of rotatable bonds is 3. The van der Waals surface area contributed by atoms with Gasteiger partial charge in [0.2, 0.25) is 0 Å². The molecule has 1 saturated carbocycles. The molecular weight excluding hydrogens is 215 g/mol. The molecule has 1 aromatic heterocycles. The van der Waals surface area contributed by atoms with Gasteiger partial charge in [0.1, 0.15) is 5.82 Å². The number of aromatic amines is 1. The molecule has 4 nitrogen and oxygen atoms in total.